The average Bonchev–Trinajstić information content (AvgIpc) is 3.38. The number of fused-ring (bicyclic) bond motifs is 1. The van der Waals surface area contributed by atoms with E-state index in [1.165, 1.54) is 18.1 Å². The third-order valence-corrected chi connectivity index (χ3v) is 7.13. The van der Waals surface area contributed by atoms with Crippen LogP contribution in [-0.2, 0) is 14.3 Å². The van der Waals surface area contributed by atoms with Crippen molar-refractivity contribution >= 4 is 23.1 Å². The van der Waals surface area contributed by atoms with E-state index in [0.717, 1.165) is 18.7 Å². The standard InChI is InChI=1S/C27H30N4O6/c1-16-5-4-8-30-17(2)22(28-26(16)30)24(33)21-23(18-6-7-19(32)20(15-18)36-3)31(27(35)25(21)34)10-9-29-11-13-37-14-12-29/h4-8,15,23,32-33H,9-14H2,1-3H3/b24-21+. The number of likely N-dealkylation sites (tertiary alicyclic amines) is 1. The van der Waals surface area contributed by atoms with Crippen LogP contribution >= 0.6 is 0 Å². The van der Waals surface area contributed by atoms with Gasteiger partial charge in [-0.1, -0.05) is 12.1 Å². The summed E-state index contributed by atoms with van der Waals surface area (Å²) in [7, 11) is 1.43. The molecule has 0 radical (unpaired) electrons. The van der Waals surface area contributed by atoms with E-state index in [4.69, 9.17) is 9.47 Å². The second-order valence-corrected chi connectivity index (χ2v) is 9.31. The predicted molar refractivity (Wildman–Crippen MR) is 136 cm³/mol. The number of imidazole rings is 1. The molecule has 0 saturated carbocycles. The van der Waals surface area contributed by atoms with Gasteiger partial charge in [-0.05, 0) is 43.2 Å². The fourth-order valence-corrected chi connectivity index (χ4v) is 5.07. The van der Waals surface area contributed by atoms with E-state index >= 15 is 0 Å². The van der Waals surface area contributed by atoms with Gasteiger partial charge in [-0.15, -0.1) is 0 Å². The van der Waals surface area contributed by atoms with Gasteiger partial charge in [0.1, 0.15) is 11.3 Å². The SMILES string of the molecule is COc1cc(C2/C(=C(\O)c3nc4c(C)cccn4c3C)C(=O)C(=O)N2CCN2CCOCC2)ccc1O. The Labute approximate surface area is 214 Å². The second-order valence-electron chi connectivity index (χ2n) is 9.31. The molecule has 37 heavy (non-hydrogen) atoms. The summed E-state index contributed by atoms with van der Waals surface area (Å²) in [5, 5.41) is 21.7. The van der Waals surface area contributed by atoms with E-state index in [2.05, 4.69) is 9.88 Å². The molecule has 10 heteroatoms. The highest BCUT2D eigenvalue weighted by molar-refractivity contribution is 6.46. The number of aliphatic hydroxyl groups excluding tert-OH is 1. The van der Waals surface area contributed by atoms with Gasteiger partial charge in [0.25, 0.3) is 11.7 Å². The Morgan fingerprint density at radius 3 is 2.62 bits per heavy atom. The number of methoxy groups -OCH3 is 1. The maximum atomic E-state index is 13.4. The van der Waals surface area contributed by atoms with Crippen LogP contribution < -0.4 is 4.74 Å². The number of pyridine rings is 1. The number of aryl methyl sites for hydroxylation is 2. The summed E-state index contributed by atoms with van der Waals surface area (Å²) in [4.78, 5) is 35.0. The Kier molecular flexibility index (Phi) is 6.61. The number of carbonyl (C=O) groups is 2. The van der Waals surface area contributed by atoms with Crippen LogP contribution in [0.15, 0.2) is 42.1 Å². The minimum Gasteiger partial charge on any atom is -0.505 e. The van der Waals surface area contributed by atoms with Gasteiger partial charge in [-0.3, -0.25) is 14.5 Å². The molecule has 0 bridgehead atoms. The number of carbonyl (C=O) groups excluding carboxylic acids is 2. The Balaban J connectivity index is 1.63. The predicted octanol–water partition coefficient (Wildman–Crippen LogP) is 2.42. The van der Waals surface area contributed by atoms with Gasteiger partial charge in [0.2, 0.25) is 0 Å². The lowest BCUT2D eigenvalue weighted by Crippen LogP contribution is -2.42. The lowest BCUT2D eigenvalue weighted by atomic mass is 9.96. The van der Waals surface area contributed by atoms with Crippen LogP contribution in [0, 0.1) is 13.8 Å². The van der Waals surface area contributed by atoms with Crippen molar-refractivity contribution in [1.82, 2.24) is 19.2 Å². The first-order chi connectivity index (χ1) is 17.8. The van der Waals surface area contributed by atoms with E-state index < -0.39 is 17.7 Å². The van der Waals surface area contributed by atoms with E-state index in [0.29, 0.717) is 36.7 Å². The van der Waals surface area contributed by atoms with Crippen LogP contribution in [0.4, 0.5) is 0 Å². The molecule has 1 unspecified atom stereocenters. The quantitative estimate of drug-likeness (QED) is 0.298. The highest BCUT2D eigenvalue weighted by atomic mass is 16.5. The van der Waals surface area contributed by atoms with Crippen LogP contribution in [0.25, 0.3) is 11.4 Å². The largest absolute Gasteiger partial charge is 0.505 e. The number of ether oxygens (including phenoxy) is 2. The summed E-state index contributed by atoms with van der Waals surface area (Å²) in [6.07, 6.45) is 1.84. The number of hydrogen-bond donors (Lipinski definition) is 2. The van der Waals surface area contributed by atoms with Gasteiger partial charge in [0.15, 0.2) is 17.3 Å². The number of aromatic nitrogens is 2. The molecule has 2 saturated heterocycles. The van der Waals surface area contributed by atoms with Crippen molar-refractivity contribution in [1.29, 1.82) is 0 Å². The lowest BCUT2D eigenvalue weighted by molar-refractivity contribution is -0.140. The monoisotopic (exact) mass is 506 g/mol. The summed E-state index contributed by atoms with van der Waals surface area (Å²) in [5.74, 6) is -1.65. The Morgan fingerprint density at radius 2 is 1.92 bits per heavy atom. The topological polar surface area (TPSA) is 117 Å². The Bertz CT molecular complexity index is 1410. The number of aliphatic hydroxyl groups is 1. The zero-order valence-electron chi connectivity index (χ0n) is 21.1. The number of rotatable bonds is 6. The first-order valence-corrected chi connectivity index (χ1v) is 12.2. The van der Waals surface area contributed by atoms with Crippen molar-refractivity contribution in [3.8, 4) is 11.5 Å². The normalized spacial score (nSPS) is 20.2. The molecule has 194 valence electrons. The van der Waals surface area contributed by atoms with Crippen molar-refractivity contribution < 1.29 is 29.3 Å². The van der Waals surface area contributed by atoms with Crippen molar-refractivity contribution in [2.24, 2.45) is 0 Å². The van der Waals surface area contributed by atoms with Crippen LogP contribution in [0.5, 0.6) is 11.5 Å². The molecular weight excluding hydrogens is 476 g/mol. The molecule has 10 nitrogen and oxygen atoms in total. The molecular formula is C27H30N4O6. The minimum atomic E-state index is -0.874. The molecule has 5 rings (SSSR count). The summed E-state index contributed by atoms with van der Waals surface area (Å²) in [6.45, 7) is 7.25. The Morgan fingerprint density at radius 1 is 1.16 bits per heavy atom. The number of benzene rings is 1. The number of ketones is 1. The van der Waals surface area contributed by atoms with Crippen molar-refractivity contribution in [3.63, 3.8) is 0 Å². The van der Waals surface area contributed by atoms with Crippen molar-refractivity contribution in [2.45, 2.75) is 19.9 Å². The fraction of sp³-hybridized carbons (Fsp3) is 0.370. The summed E-state index contributed by atoms with van der Waals surface area (Å²) < 4.78 is 12.5. The molecule has 1 aromatic carbocycles. The molecule has 2 aliphatic rings. The number of aromatic hydroxyl groups is 1. The third kappa shape index (κ3) is 4.32. The Hall–Kier alpha value is -3.89. The number of phenols is 1. The van der Waals surface area contributed by atoms with Gasteiger partial charge in [0, 0.05) is 32.4 Å². The molecule has 3 aromatic rings. The number of Topliss-reactive ketones (excluding diaryl/α,β-unsaturated/α-hetero) is 1. The van der Waals surface area contributed by atoms with Gasteiger partial charge in [-0.25, -0.2) is 4.98 Å². The highest BCUT2D eigenvalue weighted by Gasteiger charge is 2.46. The molecule has 1 amide bonds. The maximum absolute atomic E-state index is 13.4. The van der Waals surface area contributed by atoms with Crippen molar-refractivity contribution in [2.75, 3.05) is 46.5 Å². The minimum absolute atomic E-state index is 0.0381. The molecule has 2 aromatic heterocycles. The molecule has 0 aliphatic carbocycles. The first kappa shape index (κ1) is 24.8. The maximum Gasteiger partial charge on any atom is 0.295 e. The lowest BCUT2D eigenvalue weighted by Gasteiger charge is -2.31. The number of phenolic OH excluding ortho intramolecular Hbond substituents is 1. The van der Waals surface area contributed by atoms with Crippen LogP contribution in [0.2, 0.25) is 0 Å². The van der Waals surface area contributed by atoms with Crippen LogP contribution in [0.1, 0.15) is 28.6 Å². The molecule has 4 heterocycles. The second kappa shape index (κ2) is 9.87. The smallest absolute Gasteiger partial charge is 0.295 e. The van der Waals surface area contributed by atoms with E-state index in [1.54, 1.807) is 12.1 Å². The van der Waals surface area contributed by atoms with Gasteiger partial charge < -0.3 is 29.0 Å². The van der Waals surface area contributed by atoms with E-state index in [9.17, 15) is 19.8 Å². The molecule has 0 spiro atoms. The summed E-state index contributed by atoms with van der Waals surface area (Å²) >= 11 is 0. The fourth-order valence-electron chi connectivity index (χ4n) is 5.07. The van der Waals surface area contributed by atoms with Crippen LogP contribution in [0.3, 0.4) is 0 Å². The summed E-state index contributed by atoms with van der Waals surface area (Å²) in [5.41, 5.74) is 2.97. The zero-order valence-corrected chi connectivity index (χ0v) is 21.1. The van der Waals surface area contributed by atoms with Crippen molar-refractivity contribution in [3.05, 3.63) is 64.6 Å². The highest BCUT2D eigenvalue weighted by Crippen LogP contribution is 2.42. The van der Waals surface area contributed by atoms with Gasteiger partial charge in [0.05, 0.1) is 37.6 Å². The average molecular weight is 507 g/mol. The molecule has 1 atom stereocenters. The van der Waals surface area contributed by atoms with Gasteiger partial charge in [-0.2, -0.15) is 0 Å². The summed E-state index contributed by atoms with van der Waals surface area (Å²) in [6, 6.07) is 7.59. The first-order valence-electron chi connectivity index (χ1n) is 12.2. The number of morpholine rings is 1. The molecule has 2 N–H and O–H groups in total. The number of nitrogens with zero attached hydrogens (tertiary/aromatic N) is 4. The zero-order chi connectivity index (χ0) is 26.3. The van der Waals surface area contributed by atoms with E-state index in [-0.39, 0.29) is 35.1 Å². The number of amides is 1. The third-order valence-electron chi connectivity index (χ3n) is 7.13. The van der Waals surface area contributed by atoms with E-state index in [1.807, 2.05) is 36.6 Å². The molecule has 2 fully saturated rings. The molecule has 2 aliphatic heterocycles. The van der Waals surface area contributed by atoms with Gasteiger partial charge >= 0.3 is 0 Å². The van der Waals surface area contributed by atoms with Crippen LogP contribution in [-0.4, -0.2) is 87.6 Å². The number of hydrogen-bond acceptors (Lipinski definition) is 8.